The first kappa shape index (κ1) is 17.9. The second kappa shape index (κ2) is 7.13. The van der Waals surface area contributed by atoms with Crippen LogP contribution in [0.15, 0.2) is 53.3 Å². The predicted octanol–water partition coefficient (Wildman–Crippen LogP) is 3.20. The van der Waals surface area contributed by atoms with Crippen LogP contribution >= 0.6 is 11.6 Å². The van der Waals surface area contributed by atoms with Gasteiger partial charge in [0.15, 0.2) is 11.9 Å². The zero-order valence-electron chi connectivity index (χ0n) is 13.8. The molecule has 0 saturated carbocycles. The molecule has 0 aliphatic rings. The topological polar surface area (TPSA) is 77.1 Å². The molecule has 1 N–H and O–H groups in total. The lowest BCUT2D eigenvalue weighted by Crippen LogP contribution is -2.31. The van der Waals surface area contributed by atoms with Gasteiger partial charge in [-0.05, 0) is 37.3 Å². The molecule has 1 atom stereocenters. The molecule has 0 saturated heterocycles. The Kier molecular flexibility index (Phi) is 4.90. The second-order valence-corrected chi connectivity index (χ2v) is 6.19. The maximum absolute atomic E-state index is 14.0. The molecule has 0 fully saturated rings. The van der Waals surface area contributed by atoms with Crippen LogP contribution in [0.25, 0.3) is 11.4 Å². The summed E-state index contributed by atoms with van der Waals surface area (Å²) in [5.41, 5.74) is 0.236. The molecule has 1 aromatic heterocycles. The number of rotatable bonds is 5. The Labute approximate surface area is 153 Å². The Bertz CT molecular complexity index is 1010. The van der Waals surface area contributed by atoms with E-state index in [1.54, 1.807) is 42.5 Å². The van der Waals surface area contributed by atoms with Gasteiger partial charge in [0.25, 0.3) is 0 Å². The molecule has 0 aliphatic carbocycles. The number of carbonyl (C=O) groups is 1. The normalized spacial score (nSPS) is 12.1. The molecule has 0 amide bonds. The monoisotopic (exact) mass is 375 g/mol. The Hall–Kier alpha value is -2.93. The van der Waals surface area contributed by atoms with E-state index in [1.807, 2.05) is 0 Å². The molecule has 3 rings (SSSR count). The summed E-state index contributed by atoms with van der Waals surface area (Å²) in [6.45, 7) is 1.28. The summed E-state index contributed by atoms with van der Waals surface area (Å²) in [5.74, 6) is -1.41. The van der Waals surface area contributed by atoms with Crippen molar-refractivity contribution in [3.05, 3.63) is 75.4 Å². The van der Waals surface area contributed by atoms with Crippen molar-refractivity contribution in [3.8, 4) is 11.4 Å². The third kappa shape index (κ3) is 3.39. The highest BCUT2D eigenvalue weighted by Gasteiger charge is 2.23. The number of hydrogen-bond donors (Lipinski definition) is 1. The molecule has 0 radical (unpaired) electrons. The quantitative estimate of drug-likeness (QED) is 0.743. The van der Waals surface area contributed by atoms with E-state index in [1.165, 1.54) is 17.6 Å². The molecule has 134 valence electrons. The largest absolute Gasteiger partial charge is 0.480 e. The van der Waals surface area contributed by atoms with Crippen molar-refractivity contribution >= 4 is 17.6 Å². The van der Waals surface area contributed by atoms with Crippen molar-refractivity contribution in [2.45, 2.75) is 19.5 Å². The van der Waals surface area contributed by atoms with E-state index in [0.29, 0.717) is 16.1 Å². The van der Waals surface area contributed by atoms with E-state index in [9.17, 15) is 19.1 Å². The van der Waals surface area contributed by atoms with Gasteiger partial charge in [-0.1, -0.05) is 29.8 Å². The zero-order valence-corrected chi connectivity index (χ0v) is 14.5. The second-order valence-electron chi connectivity index (χ2n) is 5.75. The molecule has 2 aromatic carbocycles. The molecule has 3 aromatic rings. The van der Waals surface area contributed by atoms with Gasteiger partial charge in [0, 0.05) is 16.1 Å². The summed E-state index contributed by atoms with van der Waals surface area (Å²) in [6.07, 6.45) is 0. The van der Waals surface area contributed by atoms with Crippen LogP contribution in [0.3, 0.4) is 0 Å². The average molecular weight is 376 g/mol. The van der Waals surface area contributed by atoms with Gasteiger partial charge >= 0.3 is 11.7 Å². The number of halogens is 2. The number of hydrogen-bond acceptors (Lipinski definition) is 3. The fourth-order valence-electron chi connectivity index (χ4n) is 2.52. The minimum atomic E-state index is -1.19. The van der Waals surface area contributed by atoms with Gasteiger partial charge in [-0.2, -0.15) is 4.68 Å². The van der Waals surface area contributed by atoms with Gasteiger partial charge in [0.05, 0.1) is 6.54 Å². The molecule has 0 aliphatic heterocycles. The van der Waals surface area contributed by atoms with Gasteiger partial charge < -0.3 is 5.11 Å². The first-order valence-corrected chi connectivity index (χ1v) is 8.17. The Balaban J connectivity index is 2.17. The Morgan fingerprint density at radius 1 is 1.23 bits per heavy atom. The van der Waals surface area contributed by atoms with E-state index in [-0.39, 0.29) is 12.4 Å². The van der Waals surface area contributed by atoms with Crippen LogP contribution in [0.4, 0.5) is 4.39 Å². The van der Waals surface area contributed by atoms with Crippen LogP contribution < -0.4 is 5.69 Å². The van der Waals surface area contributed by atoms with Crippen molar-refractivity contribution in [2.24, 2.45) is 0 Å². The molecule has 1 unspecified atom stereocenters. The molecule has 8 heteroatoms. The van der Waals surface area contributed by atoms with Gasteiger partial charge in [-0.3, -0.25) is 4.57 Å². The fraction of sp³-hybridized carbons (Fsp3) is 0.167. The Morgan fingerprint density at radius 2 is 1.88 bits per heavy atom. The van der Waals surface area contributed by atoms with Crippen LogP contribution in [-0.4, -0.2) is 25.4 Å². The molecule has 0 bridgehead atoms. The lowest BCUT2D eigenvalue weighted by Gasteiger charge is -2.07. The summed E-state index contributed by atoms with van der Waals surface area (Å²) in [7, 11) is 0. The van der Waals surface area contributed by atoms with E-state index >= 15 is 0 Å². The fourth-order valence-corrected chi connectivity index (χ4v) is 2.65. The maximum Gasteiger partial charge on any atom is 0.347 e. The average Bonchev–Trinajstić information content (AvgIpc) is 2.93. The number of nitrogens with zero attached hydrogens (tertiary/aromatic N) is 3. The van der Waals surface area contributed by atoms with Gasteiger partial charge in [-0.15, -0.1) is 5.10 Å². The number of aromatic nitrogens is 3. The summed E-state index contributed by atoms with van der Waals surface area (Å²) < 4.78 is 16.2. The highest BCUT2D eigenvalue weighted by molar-refractivity contribution is 6.30. The molecule has 6 nitrogen and oxygen atoms in total. The number of benzene rings is 2. The van der Waals surface area contributed by atoms with Gasteiger partial charge in [-0.25, -0.2) is 14.0 Å². The SMILES string of the molecule is CC(C(=O)O)n1nc(-c2ccc(Cl)cc2)n(Cc2ccccc2F)c1=O. The summed E-state index contributed by atoms with van der Waals surface area (Å²) in [5, 5.41) is 13.9. The summed E-state index contributed by atoms with van der Waals surface area (Å²) in [4.78, 5) is 24.0. The third-order valence-electron chi connectivity index (χ3n) is 4.00. The molecule has 1 heterocycles. The highest BCUT2D eigenvalue weighted by atomic mass is 35.5. The van der Waals surface area contributed by atoms with Crippen molar-refractivity contribution in [3.63, 3.8) is 0 Å². The third-order valence-corrected chi connectivity index (χ3v) is 4.25. The van der Waals surface area contributed by atoms with Crippen LogP contribution in [0.2, 0.25) is 5.02 Å². The van der Waals surface area contributed by atoms with Crippen molar-refractivity contribution in [2.75, 3.05) is 0 Å². The van der Waals surface area contributed by atoms with E-state index in [2.05, 4.69) is 5.10 Å². The summed E-state index contributed by atoms with van der Waals surface area (Å²) in [6, 6.07) is 11.5. The maximum atomic E-state index is 14.0. The standard InChI is InChI=1S/C18H15ClFN3O3/c1-11(17(24)25)23-18(26)22(10-13-4-2-3-5-15(13)20)16(21-23)12-6-8-14(19)9-7-12/h2-9,11H,10H2,1H3,(H,24,25). The molecule has 26 heavy (non-hydrogen) atoms. The molecular formula is C18H15ClFN3O3. The van der Waals surface area contributed by atoms with Crippen molar-refractivity contribution < 1.29 is 14.3 Å². The molecular weight excluding hydrogens is 361 g/mol. The van der Waals surface area contributed by atoms with Crippen LogP contribution in [0.5, 0.6) is 0 Å². The molecule has 0 spiro atoms. The Morgan fingerprint density at radius 3 is 2.50 bits per heavy atom. The first-order valence-electron chi connectivity index (χ1n) is 7.80. The smallest absolute Gasteiger partial charge is 0.347 e. The van der Waals surface area contributed by atoms with E-state index in [0.717, 1.165) is 4.68 Å². The first-order chi connectivity index (χ1) is 12.4. The lowest BCUT2D eigenvalue weighted by molar-refractivity contribution is -0.140. The van der Waals surface area contributed by atoms with E-state index in [4.69, 9.17) is 11.6 Å². The number of carboxylic acids is 1. The van der Waals surface area contributed by atoms with Crippen LogP contribution in [-0.2, 0) is 11.3 Å². The van der Waals surface area contributed by atoms with Gasteiger partial charge in [0.2, 0.25) is 0 Å². The summed E-state index contributed by atoms with van der Waals surface area (Å²) >= 11 is 5.90. The lowest BCUT2D eigenvalue weighted by atomic mass is 10.2. The van der Waals surface area contributed by atoms with Crippen molar-refractivity contribution in [1.82, 2.24) is 14.3 Å². The number of aliphatic carboxylic acids is 1. The minimum absolute atomic E-state index is 0.0736. The van der Waals surface area contributed by atoms with Crippen molar-refractivity contribution in [1.29, 1.82) is 0 Å². The van der Waals surface area contributed by atoms with Gasteiger partial charge in [0.1, 0.15) is 5.82 Å². The number of carboxylic acid groups (broad SMARTS) is 1. The van der Waals surface area contributed by atoms with E-state index < -0.39 is 23.5 Å². The highest BCUT2D eigenvalue weighted by Crippen LogP contribution is 2.21. The van der Waals surface area contributed by atoms with Crippen LogP contribution in [0, 0.1) is 5.82 Å². The zero-order chi connectivity index (χ0) is 18.8. The minimum Gasteiger partial charge on any atom is -0.480 e. The van der Waals surface area contributed by atoms with Crippen LogP contribution in [0.1, 0.15) is 18.5 Å². The predicted molar refractivity (Wildman–Crippen MR) is 94.8 cm³/mol.